The van der Waals surface area contributed by atoms with Gasteiger partial charge in [-0.3, -0.25) is 4.79 Å². The third-order valence-corrected chi connectivity index (χ3v) is 3.82. The van der Waals surface area contributed by atoms with Gasteiger partial charge in [0.2, 0.25) is 0 Å². The Hall–Kier alpha value is 0.290. The minimum atomic E-state index is 0.0919. The fourth-order valence-electron chi connectivity index (χ4n) is 0.757. The molecule has 0 atom stereocenters. The molecule has 0 aliphatic carbocycles. The Balaban J connectivity index is 2.69. The second kappa shape index (κ2) is 5.24. The van der Waals surface area contributed by atoms with E-state index in [2.05, 4.69) is 17.6 Å². The molecule has 0 radical (unpaired) electrons. The first-order valence-electron chi connectivity index (χ1n) is 3.50. The van der Waals surface area contributed by atoms with Gasteiger partial charge in [-0.25, -0.2) is 4.98 Å². The summed E-state index contributed by atoms with van der Waals surface area (Å²) in [6.45, 7) is 1.54. The standard InChI is InChI=1S/C7H8ClNOS3/c1-4(10)12-3-5-6(2-8)13-7(11)9-5/h2-3H2,1H3,(H,9,11). The van der Waals surface area contributed by atoms with Crippen LogP contribution in [0.1, 0.15) is 17.5 Å². The van der Waals surface area contributed by atoms with Crippen LogP contribution in [-0.4, -0.2) is 10.1 Å². The predicted octanol–water partition coefficient (Wildman–Crippen LogP) is 2.95. The van der Waals surface area contributed by atoms with Crippen LogP contribution >= 0.6 is 47.3 Å². The molecule has 0 saturated carbocycles. The summed E-state index contributed by atoms with van der Waals surface area (Å²) in [4.78, 5) is 15.9. The molecule has 1 aromatic rings. The summed E-state index contributed by atoms with van der Waals surface area (Å²) < 4.78 is 0.704. The lowest BCUT2D eigenvalue weighted by atomic mass is 10.4. The van der Waals surface area contributed by atoms with Crippen LogP contribution < -0.4 is 0 Å². The number of halogens is 1. The zero-order valence-electron chi connectivity index (χ0n) is 6.91. The van der Waals surface area contributed by atoms with E-state index in [-0.39, 0.29) is 5.12 Å². The topological polar surface area (TPSA) is 30.0 Å². The van der Waals surface area contributed by atoms with Gasteiger partial charge in [-0.15, -0.1) is 35.6 Å². The predicted molar refractivity (Wildman–Crippen MR) is 60.9 cm³/mol. The maximum Gasteiger partial charge on any atom is 0.186 e. The Bertz CT molecular complexity index is 313. The number of nitrogens with zero attached hydrogens (tertiary/aromatic N) is 1. The van der Waals surface area contributed by atoms with Gasteiger partial charge in [0.15, 0.2) is 5.12 Å². The van der Waals surface area contributed by atoms with Crippen molar-refractivity contribution in [2.45, 2.75) is 22.9 Å². The van der Waals surface area contributed by atoms with Crippen LogP contribution in [0.25, 0.3) is 0 Å². The molecule has 0 fully saturated rings. The van der Waals surface area contributed by atoms with E-state index in [1.165, 1.54) is 23.1 Å². The second-order valence-corrected chi connectivity index (χ2v) is 5.51. The molecule has 1 heterocycles. The highest BCUT2D eigenvalue weighted by Crippen LogP contribution is 2.26. The molecule has 0 spiro atoms. The number of aromatic nitrogens is 1. The minimum absolute atomic E-state index is 0.0919. The number of hydrogen-bond donors (Lipinski definition) is 1. The Morgan fingerprint density at radius 1 is 1.77 bits per heavy atom. The van der Waals surface area contributed by atoms with E-state index in [9.17, 15) is 4.79 Å². The van der Waals surface area contributed by atoms with Crippen molar-refractivity contribution in [3.05, 3.63) is 10.6 Å². The van der Waals surface area contributed by atoms with Crippen LogP contribution in [0.3, 0.4) is 0 Å². The number of thiol groups is 1. The van der Waals surface area contributed by atoms with Crippen LogP contribution in [-0.2, 0) is 16.4 Å². The molecule has 0 saturated heterocycles. The summed E-state index contributed by atoms with van der Waals surface area (Å²) in [6, 6.07) is 0. The van der Waals surface area contributed by atoms with E-state index < -0.39 is 0 Å². The number of rotatable bonds is 3. The van der Waals surface area contributed by atoms with E-state index in [1.54, 1.807) is 6.92 Å². The highest BCUT2D eigenvalue weighted by molar-refractivity contribution is 8.12. The van der Waals surface area contributed by atoms with Crippen molar-refractivity contribution in [3.8, 4) is 0 Å². The quantitative estimate of drug-likeness (QED) is 0.664. The highest BCUT2D eigenvalue weighted by atomic mass is 35.5. The molecule has 1 rings (SSSR count). The molecule has 13 heavy (non-hydrogen) atoms. The molecule has 2 nitrogen and oxygen atoms in total. The minimum Gasteiger partial charge on any atom is -0.288 e. The summed E-state index contributed by atoms with van der Waals surface area (Å²) >= 11 is 12.5. The summed E-state index contributed by atoms with van der Waals surface area (Å²) in [6.07, 6.45) is 0. The fraction of sp³-hybridized carbons (Fsp3) is 0.429. The van der Waals surface area contributed by atoms with Crippen molar-refractivity contribution < 1.29 is 4.79 Å². The maximum absolute atomic E-state index is 10.7. The largest absolute Gasteiger partial charge is 0.288 e. The third-order valence-electron chi connectivity index (χ3n) is 1.30. The average Bonchev–Trinajstić information content (AvgIpc) is 2.42. The van der Waals surface area contributed by atoms with Crippen LogP contribution in [0.4, 0.5) is 0 Å². The van der Waals surface area contributed by atoms with E-state index in [0.29, 0.717) is 16.0 Å². The number of hydrogen-bond acceptors (Lipinski definition) is 5. The smallest absolute Gasteiger partial charge is 0.186 e. The molecule has 0 aromatic carbocycles. The normalized spacial score (nSPS) is 10.4. The maximum atomic E-state index is 10.7. The Labute approximate surface area is 95.5 Å². The first kappa shape index (κ1) is 11.4. The molecule has 1 aromatic heterocycles. The number of alkyl halides is 1. The lowest BCUT2D eigenvalue weighted by Crippen LogP contribution is -1.89. The Kier molecular flexibility index (Phi) is 4.58. The van der Waals surface area contributed by atoms with Gasteiger partial charge < -0.3 is 0 Å². The van der Waals surface area contributed by atoms with E-state index in [0.717, 1.165) is 10.6 Å². The summed E-state index contributed by atoms with van der Waals surface area (Å²) in [5.74, 6) is 1.03. The molecule has 6 heteroatoms. The van der Waals surface area contributed by atoms with Crippen LogP contribution in [0.15, 0.2) is 4.34 Å². The summed E-state index contributed by atoms with van der Waals surface area (Å²) in [7, 11) is 0. The molecule has 0 amide bonds. The van der Waals surface area contributed by atoms with Gasteiger partial charge in [-0.05, 0) is 0 Å². The first-order valence-corrected chi connectivity index (χ1v) is 6.28. The SMILES string of the molecule is CC(=O)SCc1nc(S)sc1CCl. The van der Waals surface area contributed by atoms with E-state index >= 15 is 0 Å². The molecule has 72 valence electrons. The summed E-state index contributed by atoms with van der Waals surface area (Å²) in [5, 5.41) is 0.0919. The van der Waals surface area contributed by atoms with Gasteiger partial charge in [-0.2, -0.15) is 0 Å². The molecular weight excluding hydrogens is 246 g/mol. The Morgan fingerprint density at radius 2 is 2.46 bits per heavy atom. The number of carbonyl (C=O) groups is 1. The number of thioether (sulfide) groups is 1. The van der Waals surface area contributed by atoms with Crippen LogP contribution in [0.2, 0.25) is 0 Å². The Morgan fingerprint density at radius 3 is 3.00 bits per heavy atom. The molecule has 0 aliphatic rings. The lowest BCUT2D eigenvalue weighted by molar-refractivity contribution is -0.109. The zero-order valence-corrected chi connectivity index (χ0v) is 10.2. The van der Waals surface area contributed by atoms with Crippen molar-refractivity contribution in [1.29, 1.82) is 0 Å². The monoisotopic (exact) mass is 253 g/mol. The molecule has 0 N–H and O–H groups in total. The number of thiazole rings is 1. The molecule has 0 bridgehead atoms. The van der Waals surface area contributed by atoms with Gasteiger partial charge in [0.1, 0.15) is 4.34 Å². The van der Waals surface area contributed by atoms with Crippen molar-refractivity contribution in [2.75, 3.05) is 0 Å². The second-order valence-electron chi connectivity index (χ2n) is 2.28. The van der Waals surface area contributed by atoms with Crippen LogP contribution in [0, 0.1) is 0 Å². The van der Waals surface area contributed by atoms with Gasteiger partial charge in [-0.1, -0.05) is 11.8 Å². The highest BCUT2D eigenvalue weighted by Gasteiger charge is 2.09. The first-order chi connectivity index (χ1) is 6.13. The average molecular weight is 254 g/mol. The van der Waals surface area contributed by atoms with E-state index in [1.807, 2.05) is 0 Å². The molecular formula is C7H8ClNOS3. The van der Waals surface area contributed by atoms with Gasteiger partial charge in [0.25, 0.3) is 0 Å². The van der Waals surface area contributed by atoms with Crippen molar-refractivity contribution in [2.24, 2.45) is 0 Å². The van der Waals surface area contributed by atoms with Crippen LogP contribution in [0.5, 0.6) is 0 Å². The molecule has 0 unspecified atom stereocenters. The third kappa shape index (κ3) is 3.50. The summed E-state index contributed by atoms with van der Waals surface area (Å²) in [5.41, 5.74) is 0.880. The fourth-order valence-corrected chi connectivity index (χ4v) is 2.86. The van der Waals surface area contributed by atoms with Crippen molar-refractivity contribution in [3.63, 3.8) is 0 Å². The van der Waals surface area contributed by atoms with Gasteiger partial charge >= 0.3 is 0 Å². The van der Waals surface area contributed by atoms with Gasteiger partial charge in [0, 0.05) is 17.6 Å². The lowest BCUT2D eigenvalue weighted by Gasteiger charge is -1.95. The zero-order chi connectivity index (χ0) is 9.84. The van der Waals surface area contributed by atoms with Gasteiger partial charge in [0.05, 0.1) is 11.6 Å². The van der Waals surface area contributed by atoms with E-state index in [4.69, 9.17) is 11.6 Å². The van der Waals surface area contributed by atoms with Crippen molar-refractivity contribution >= 4 is 52.4 Å². The molecule has 0 aliphatic heterocycles. The number of carbonyl (C=O) groups excluding carboxylic acids is 1. The van der Waals surface area contributed by atoms with Crippen molar-refractivity contribution in [1.82, 2.24) is 4.98 Å².